The predicted molar refractivity (Wildman–Crippen MR) is 84.5 cm³/mol. The number of hydrogen-bond acceptors (Lipinski definition) is 7. The van der Waals surface area contributed by atoms with Crippen LogP contribution in [0, 0.1) is 0 Å². The van der Waals surface area contributed by atoms with Crippen molar-refractivity contribution in [1.82, 2.24) is 0 Å². The topological polar surface area (TPSA) is 96.2 Å². The molecule has 0 fully saturated rings. The van der Waals surface area contributed by atoms with Gasteiger partial charge in [-0.3, -0.25) is 4.79 Å². The van der Waals surface area contributed by atoms with Crippen molar-refractivity contribution in [3.8, 4) is 28.7 Å². The second-order valence-corrected chi connectivity index (χ2v) is 5.21. The first-order valence-corrected chi connectivity index (χ1v) is 7.15. The Morgan fingerprint density at radius 2 is 1.96 bits per heavy atom. The van der Waals surface area contributed by atoms with E-state index in [9.17, 15) is 20.1 Å². The Bertz CT molecular complexity index is 801. The van der Waals surface area contributed by atoms with Crippen molar-refractivity contribution in [3.63, 3.8) is 0 Å². The quantitative estimate of drug-likeness (QED) is 0.744. The van der Waals surface area contributed by atoms with Gasteiger partial charge in [0.25, 0.3) is 0 Å². The van der Waals surface area contributed by atoms with Crippen LogP contribution < -0.4 is 9.47 Å². The summed E-state index contributed by atoms with van der Waals surface area (Å²) in [5, 5.41) is 29.2. The van der Waals surface area contributed by atoms with Crippen LogP contribution in [0.4, 0.5) is 0 Å². The lowest BCUT2D eigenvalue weighted by atomic mass is 9.95. The summed E-state index contributed by atoms with van der Waals surface area (Å²) in [7, 11) is 0. The number of fused-ring (bicyclic) bond motifs is 1. The number of aromatic hydroxyl groups is 3. The van der Waals surface area contributed by atoms with Crippen molar-refractivity contribution in [3.05, 3.63) is 41.5 Å². The third kappa shape index (κ3) is 2.78. The second-order valence-electron chi connectivity index (χ2n) is 5.01. The van der Waals surface area contributed by atoms with Crippen LogP contribution in [0.15, 0.2) is 30.3 Å². The van der Waals surface area contributed by atoms with Gasteiger partial charge in [-0.05, 0) is 29.9 Å². The van der Waals surface area contributed by atoms with Crippen LogP contribution in [0.5, 0.6) is 28.7 Å². The number of ketones is 1. The number of carbonyl (C=O) groups excluding carboxylic acids is 1. The number of thiocarbonyl (C=S) groups is 1. The Morgan fingerprint density at radius 1 is 1.17 bits per heavy atom. The van der Waals surface area contributed by atoms with Gasteiger partial charge in [-0.15, -0.1) is 0 Å². The van der Waals surface area contributed by atoms with E-state index in [1.165, 1.54) is 18.2 Å². The molecule has 0 radical (unpaired) electrons. The Morgan fingerprint density at radius 3 is 2.65 bits per heavy atom. The van der Waals surface area contributed by atoms with Crippen LogP contribution in [0.1, 0.15) is 28.4 Å². The van der Waals surface area contributed by atoms with Gasteiger partial charge in [-0.25, -0.2) is 0 Å². The number of phenolic OH excluding ortho intramolecular Hbond substituents is 3. The number of carbonyl (C=O) groups is 1. The standard InChI is InChI=1S/C16H12O6S/c17-9-4-11(19)16-12(20)6-14(22-15(16)5-9)8-1-2-13(21-7-23)10(18)3-8/h1-5,7,14,17-19H,6H2. The van der Waals surface area contributed by atoms with Gasteiger partial charge in [-0.2, -0.15) is 0 Å². The van der Waals surface area contributed by atoms with Gasteiger partial charge in [-0.1, -0.05) is 6.07 Å². The van der Waals surface area contributed by atoms with Crippen LogP contribution in [-0.2, 0) is 0 Å². The largest absolute Gasteiger partial charge is 0.508 e. The number of hydrogen-bond donors (Lipinski definition) is 3. The maximum absolute atomic E-state index is 12.2. The zero-order valence-corrected chi connectivity index (χ0v) is 12.5. The molecular weight excluding hydrogens is 320 g/mol. The highest BCUT2D eigenvalue weighted by Crippen LogP contribution is 2.42. The minimum atomic E-state index is -0.649. The summed E-state index contributed by atoms with van der Waals surface area (Å²) in [4.78, 5) is 12.2. The normalized spacial score (nSPS) is 16.3. The Kier molecular flexibility index (Phi) is 3.79. The number of phenols is 3. The van der Waals surface area contributed by atoms with Crippen LogP contribution in [0.25, 0.3) is 0 Å². The van der Waals surface area contributed by atoms with E-state index >= 15 is 0 Å². The molecule has 7 heteroatoms. The molecule has 0 aromatic heterocycles. The van der Waals surface area contributed by atoms with Crippen molar-refractivity contribution in [2.45, 2.75) is 12.5 Å². The molecule has 2 aromatic rings. The van der Waals surface area contributed by atoms with Gasteiger partial charge >= 0.3 is 0 Å². The lowest BCUT2D eigenvalue weighted by Crippen LogP contribution is -2.20. The molecule has 0 saturated heterocycles. The second kappa shape index (κ2) is 5.77. The first-order chi connectivity index (χ1) is 11.0. The number of benzene rings is 2. The molecule has 3 rings (SSSR count). The van der Waals surface area contributed by atoms with Gasteiger partial charge < -0.3 is 24.8 Å². The molecule has 6 nitrogen and oxygen atoms in total. The van der Waals surface area contributed by atoms with Crippen LogP contribution in [0.2, 0.25) is 0 Å². The minimum absolute atomic E-state index is 0.00184. The van der Waals surface area contributed by atoms with Gasteiger partial charge in [0.2, 0.25) is 0 Å². The highest BCUT2D eigenvalue weighted by atomic mass is 32.1. The molecule has 0 saturated carbocycles. The Balaban J connectivity index is 1.95. The monoisotopic (exact) mass is 332 g/mol. The number of Topliss-reactive ketones (excluding diaryl/α,β-unsaturated/α-hetero) is 1. The van der Waals surface area contributed by atoms with Crippen molar-refractivity contribution >= 4 is 23.6 Å². The summed E-state index contributed by atoms with van der Waals surface area (Å²) in [6.45, 7) is 0. The summed E-state index contributed by atoms with van der Waals surface area (Å²) < 4.78 is 10.6. The van der Waals surface area contributed by atoms with Crippen molar-refractivity contribution in [2.75, 3.05) is 0 Å². The molecule has 1 heterocycles. The molecule has 23 heavy (non-hydrogen) atoms. The number of rotatable bonds is 3. The van der Waals surface area contributed by atoms with Crippen LogP contribution in [-0.4, -0.2) is 26.7 Å². The van der Waals surface area contributed by atoms with Crippen LogP contribution >= 0.6 is 12.2 Å². The van der Waals surface area contributed by atoms with E-state index in [4.69, 9.17) is 9.47 Å². The summed E-state index contributed by atoms with van der Waals surface area (Å²) >= 11 is 4.56. The highest BCUT2D eigenvalue weighted by molar-refractivity contribution is 7.78. The van der Waals surface area contributed by atoms with Gasteiger partial charge in [0.1, 0.15) is 28.9 Å². The van der Waals surface area contributed by atoms with Crippen molar-refractivity contribution in [2.24, 2.45) is 0 Å². The van der Waals surface area contributed by atoms with E-state index in [0.29, 0.717) is 5.56 Å². The zero-order chi connectivity index (χ0) is 16.6. The predicted octanol–water partition coefficient (Wildman–Crippen LogP) is 2.85. The first-order valence-electron chi connectivity index (χ1n) is 6.68. The smallest absolute Gasteiger partial charge is 0.174 e. The molecule has 1 aliphatic rings. The highest BCUT2D eigenvalue weighted by Gasteiger charge is 2.31. The SMILES string of the molecule is O=C1CC(c2ccc(OC=S)c(O)c2)Oc2cc(O)cc(O)c21. The zero-order valence-electron chi connectivity index (χ0n) is 11.7. The molecule has 0 spiro atoms. The molecule has 1 unspecified atom stereocenters. The molecule has 2 aromatic carbocycles. The minimum Gasteiger partial charge on any atom is -0.508 e. The fourth-order valence-corrected chi connectivity index (χ4v) is 2.60. The maximum Gasteiger partial charge on any atom is 0.174 e. The van der Waals surface area contributed by atoms with E-state index in [0.717, 1.165) is 11.6 Å². The maximum atomic E-state index is 12.2. The Hall–Kier alpha value is -2.80. The van der Waals surface area contributed by atoms with Gasteiger partial charge in [0.15, 0.2) is 22.8 Å². The van der Waals surface area contributed by atoms with E-state index in [1.54, 1.807) is 6.07 Å². The molecule has 0 bridgehead atoms. The third-order valence-electron chi connectivity index (χ3n) is 3.51. The number of ether oxygens (including phenoxy) is 2. The fourth-order valence-electron chi connectivity index (χ4n) is 2.50. The average molecular weight is 332 g/mol. The van der Waals surface area contributed by atoms with E-state index < -0.39 is 6.10 Å². The lowest BCUT2D eigenvalue weighted by Gasteiger charge is -2.26. The van der Waals surface area contributed by atoms with E-state index in [2.05, 4.69) is 12.2 Å². The first kappa shape index (κ1) is 15.1. The van der Waals surface area contributed by atoms with Crippen molar-refractivity contribution < 1.29 is 29.6 Å². The summed E-state index contributed by atoms with van der Waals surface area (Å²) in [6, 6.07) is 6.92. The molecule has 3 N–H and O–H groups in total. The van der Waals surface area contributed by atoms with Crippen molar-refractivity contribution in [1.29, 1.82) is 0 Å². The molecule has 1 aliphatic heterocycles. The molecular formula is C16H12O6S. The molecule has 0 amide bonds. The summed E-state index contributed by atoms with van der Waals surface area (Å²) in [6.07, 6.45) is -0.651. The van der Waals surface area contributed by atoms with Gasteiger partial charge in [0, 0.05) is 12.1 Å². The lowest BCUT2D eigenvalue weighted by molar-refractivity contribution is 0.0844. The third-order valence-corrected chi connectivity index (χ3v) is 3.61. The molecule has 0 aliphatic carbocycles. The fraction of sp³-hybridized carbons (Fsp3) is 0.125. The molecule has 1 atom stereocenters. The van der Waals surface area contributed by atoms with E-state index in [-0.39, 0.29) is 46.5 Å². The van der Waals surface area contributed by atoms with Gasteiger partial charge in [0.05, 0.1) is 6.42 Å². The Labute approximate surface area is 136 Å². The van der Waals surface area contributed by atoms with E-state index in [1.807, 2.05) is 0 Å². The van der Waals surface area contributed by atoms with Crippen LogP contribution in [0.3, 0.4) is 0 Å². The molecule has 118 valence electrons. The summed E-state index contributed by atoms with van der Waals surface area (Å²) in [5.41, 5.74) is 1.63. The summed E-state index contributed by atoms with van der Waals surface area (Å²) in [5.74, 6) is -0.681. The average Bonchev–Trinajstić information content (AvgIpc) is 2.48.